The zero-order chi connectivity index (χ0) is 16.1. The highest BCUT2D eigenvalue weighted by Gasteiger charge is 2.19. The number of hydrogen-bond donors (Lipinski definition) is 1. The number of hydrogen-bond acceptors (Lipinski definition) is 3. The third-order valence-electron chi connectivity index (χ3n) is 3.97. The van der Waals surface area contributed by atoms with Crippen LogP contribution in [0.3, 0.4) is 0 Å². The van der Waals surface area contributed by atoms with Crippen LogP contribution in [0.25, 0.3) is 0 Å². The lowest BCUT2D eigenvalue weighted by Gasteiger charge is -2.34. The van der Waals surface area contributed by atoms with Crippen molar-refractivity contribution in [2.24, 2.45) is 0 Å². The minimum atomic E-state index is -0.398. The second kappa shape index (κ2) is 7.35. The molecule has 3 rings (SSSR count). The molecule has 0 bridgehead atoms. The zero-order valence-electron chi connectivity index (χ0n) is 12.9. The summed E-state index contributed by atoms with van der Waals surface area (Å²) >= 11 is 0. The molecule has 4 nitrogen and oxygen atoms in total. The molecule has 1 N–H and O–H groups in total. The highest BCUT2D eigenvalue weighted by atomic mass is 19.1. The van der Waals surface area contributed by atoms with E-state index in [1.807, 2.05) is 23.2 Å². The van der Waals surface area contributed by atoms with Gasteiger partial charge in [0.25, 0.3) is 5.91 Å². The fourth-order valence-corrected chi connectivity index (χ4v) is 2.70. The first-order valence-corrected chi connectivity index (χ1v) is 7.78. The second-order valence-corrected chi connectivity index (χ2v) is 5.70. The van der Waals surface area contributed by atoms with E-state index < -0.39 is 5.82 Å². The number of benzene rings is 2. The summed E-state index contributed by atoms with van der Waals surface area (Å²) < 4.78 is 13.2. The van der Waals surface area contributed by atoms with Gasteiger partial charge in [0.05, 0.1) is 0 Å². The van der Waals surface area contributed by atoms with Gasteiger partial charge in [0, 0.05) is 38.3 Å². The van der Waals surface area contributed by atoms with E-state index in [2.05, 4.69) is 22.5 Å². The van der Waals surface area contributed by atoms with Gasteiger partial charge in [0.15, 0.2) is 0 Å². The molecule has 1 saturated heterocycles. The lowest BCUT2D eigenvalue weighted by Crippen LogP contribution is -2.53. The van der Waals surface area contributed by atoms with E-state index in [0.29, 0.717) is 5.56 Å². The number of carbonyl (C=O) groups is 1. The van der Waals surface area contributed by atoms with Crippen molar-refractivity contribution < 1.29 is 9.18 Å². The van der Waals surface area contributed by atoms with Crippen LogP contribution in [-0.4, -0.2) is 42.0 Å². The van der Waals surface area contributed by atoms with Crippen LogP contribution in [0.5, 0.6) is 0 Å². The van der Waals surface area contributed by atoms with Crippen molar-refractivity contribution in [1.29, 1.82) is 0 Å². The summed E-state index contributed by atoms with van der Waals surface area (Å²) in [4.78, 5) is 14.5. The van der Waals surface area contributed by atoms with Crippen molar-refractivity contribution in [2.75, 3.05) is 26.2 Å². The summed E-state index contributed by atoms with van der Waals surface area (Å²) in [5, 5.41) is 1.90. The fraction of sp³-hybridized carbons (Fsp3) is 0.278. The Kier molecular flexibility index (Phi) is 5.00. The minimum absolute atomic E-state index is 0.263. The average molecular weight is 313 g/mol. The summed E-state index contributed by atoms with van der Waals surface area (Å²) in [6.45, 7) is 4.21. The maximum Gasteiger partial charge on any atom is 0.265 e. The number of rotatable bonds is 4. The molecular weight excluding hydrogens is 293 g/mol. The number of carbonyl (C=O) groups excluding carboxylic acids is 1. The molecule has 0 radical (unpaired) electrons. The molecular formula is C18H20FN3O. The molecule has 2 aromatic rings. The Balaban J connectivity index is 1.48. The maximum absolute atomic E-state index is 13.2. The van der Waals surface area contributed by atoms with Crippen LogP contribution in [0.1, 0.15) is 15.9 Å². The molecule has 0 aromatic heterocycles. The van der Waals surface area contributed by atoms with Gasteiger partial charge in [-0.05, 0) is 23.8 Å². The normalized spacial score (nSPS) is 16.2. The summed E-state index contributed by atoms with van der Waals surface area (Å²) in [5.41, 5.74) is 4.49. The Morgan fingerprint density at radius 1 is 1.00 bits per heavy atom. The predicted molar refractivity (Wildman–Crippen MR) is 87.2 cm³/mol. The van der Waals surface area contributed by atoms with Crippen molar-refractivity contribution in [1.82, 2.24) is 15.3 Å². The van der Waals surface area contributed by atoms with Gasteiger partial charge in [-0.2, -0.15) is 0 Å². The summed E-state index contributed by atoms with van der Waals surface area (Å²) in [5.74, 6) is -0.661. The third kappa shape index (κ3) is 4.37. The van der Waals surface area contributed by atoms with Gasteiger partial charge in [-0.15, -0.1) is 0 Å². The maximum atomic E-state index is 13.2. The first kappa shape index (κ1) is 15.6. The molecule has 0 saturated carbocycles. The van der Waals surface area contributed by atoms with E-state index in [1.54, 1.807) is 12.1 Å². The van der Waals surface area contributed by atoms with Gasteiger partial charge < -0.3 is 0 Å². The number of halogens is 1. The minimum Gasteiger partial charge on any atom is -0.296 e. The van der Waals surface area contributed by atoms with E-state index in [0.717, 1.165) is 32.7 Å². The van der Waals surface area contributed by atoms with Gasteiger partial charge >= 0.3 is 0 Å². The van der Waals surface area contributed by atoms with Crippen molar-refractivity contribution in [3.05, 3.63) is 71.5 Å². The molecule has 1 fully saturated rings. The Labute approximate surface area is 135 Å². The number of nitrogens with one attached hydrogen (secondary N) is 1. The topological polar surface area (TPSA) is 35.6 Å². The fourth-order valence-electron chi connectivity index (χ4n) is 2.70. The first-order valence-electron chi connectivity index (χ1n) is 7.78. The molecule has 120 valence electrons. The highest BCUT2D eigenvalue weighted by molar-refractivity contribution is 5.93. The van der Waals surface area contributed by atoms with Crippen molar-refractivity contribution in [3.8, 4) is 0 Å². The van der Waals surface area contributed by atoms with Crippen molar-refractivity contribution in [3.63, 3.8) is 0 Å². The van der Waals surface area contributed by atoms with Crippen LogP contribution in [0, 0.1) is 5.82 Å². The van der Waals surface area contributed by atoms with Crippen LogP contribution in [0.15, 0.2) is 54.6 Å². The summed E-state index contributed by atoms with van der Waals surface area (Å²) in [7, 11) is 0. The van der Waals surface area contributed by atoms with Crippen molar-refractivity contribution >= 4 is 5.91 Å². The predicted octanol–water partition coefficient (Wildman–Crippen LogP) is 2.29. The van der Waals surface area contributed by atoms with E-state index in [9.17, 15) is 9.18 Å². The first-order chi connectivity index (χ1) is 11.2. The van der Waals surface area contributed by atoms with Crippen LogP contribution >= 0.6 is 0 Å². The average Bonchev–Trinajstić information content (AvgIpc) is 2.57. The van der Waals surface area contributed by atoms with Gasteiger partial charge in [0.1, 0.15) is 5.82 Å². The largest absolute Gasteiger partial charge is 0.296 e. The summed E-state index contributed by atoms with van der Waals surface area (Å²) in [6, 6.07) is 16.1. The number of hydrazine groups is 1. The SMILES string of the molecule is O=C(NN1CCN(Cc2ccccc2)CC1)c1cccc(F)c1. The number of amides is 1. The summed E-state index contributed by atoms with van der Waals surface area (Å²) in [6.07, 6.45) is 0. The molecule has 2 aromatic carbocycles. The van der Waals surface area contributed by atoms with E-state index in [-0.39, 0.29) is 5.91 Å². The molecule has 0 aliphatic carbocycles. The standard InChI is InChI=1S/C18H20FN3O/c19-17-8-4-7-16(13-17)18(23)20-22-11-9-21(10-12-22)14-15-5-2-1-3-6-15/h1-8,13H,9-12,14H2,(H,20,23). The Morgan fingerprint density at radius 3 is 2.43 bits per heavy atom. The molecule has 1 heterocycles. The van der Waals surface area contributed by atoms with Gasteiger partial charge in [-0.3, -0.25) is 15.1 Å². The zero-order valence-corrected chi connectivity index (χ0v) is 12.9. The van der Waals surface area contributed by atoms with E-state index in [4.69, 9.17) is 0 Å². The molecule has 0 spiro atoms. The smallest absolute Gasteiger partial charge is 0.265 e. The number of nitrogens with zero attached hydrogens (tertiary/aromatic N) is 2. The van der Waals surface area contributed by atoms with Crippen LogP contribution in [-0.2, 0) is 6.54 Å². The van der Waals surface area contributed by atoms with E-state index >= 15 is 0 Å². The van der Waals surface area contributed by atoms with Gasteiger partial charge in [0.2, 0.25) is 0 Å². The van der Waals surface area contributed by atoms with Crippen molar-refractivity contribution in [2.45, 2.75) is 6.54 Å². The lowest BCUT2D eigenvalue weighted by molar-refractivity contribution is 0.0604. The monoisotopic (exact) mass is 313 g/mol. The van der Waals surface area contributed by atoms with Crippen LogP contribution in [0.4, 0.5) is 4.39 Å². The molecule has 5 heteroatoms. The Morgan fingerprint density at radius 2 is 1.74 bits per heavy atom. The molecule has 0 atom stereocenters. The molecule has 1 aliphatic rings. The Bertz CT molecular complexity index is 654. The third-order valence-corrected chi connectivity index (χ3v) is 3.97. The van der Waals surface area contributed by atoms with Gasteiger partial charge in [-0.1, -0.05) is 36.4 Å². The Hall–Kier alpha value is -2.24. The van der Waals surface area contributed by atoms with E-state index in [1.165, 1.54) is 17.7 Å². The molecule has 23 heavy (non-hydrogen) atoms. The second-order valence-electron chi connectivity index (χ2n) is 5.70. The van der Waals surface area contributed by atoms with Crippen LogP contribution < -0.4 is 5.43 Å². The lowest BCUT2D eigenvalue weighted by atomic mass is 10.2. The highest BCUT2D eigenvalue weighted by Crippen LogP contribution is 2.08. The van der Waals surface area contributed by atoms with Gasteiger partial charge in [-0.25, -0.2) is 9.40 Å². The molecule has 1 aliphatic heterocycles. The van der Waals surface area contributed by atoms with Crippen LogP contribution in [0.2, 0.25) is 0 Å². The quantitative estimate of drug-likeness (QED) is 0.941. The molecule has 1 amide bonds. The number of piperazine rings is 1. The molecule has 0 unspecified atom stereocenters.